The van der Waals surface area contributed by atoms with Crippen molar-refractivity contribution in [2.75, 3.05) is 13.1 Å². The van der Waals surface area contributed by atoms with Crippen LogP contribution in [0.5, 0.6) is 0 Å². The van der Waals surface area contributed by atoms with E-state index < -0.39 is 0 Å². The van der Waals surface area contributed by atoms with E-state index in [0.29, 0.717) is 11.8 Å². The van der Waals surface area contributed by atoms with Crippen molar-refractivity contribution in [1.82, 2.24) is 9.47 Å². The molecule has 0 radical (unpaired) electrons. The molecule has 2 unspecified atom stereocenters. The standard InChI is InChI=1S/C25H25FN2O/c1-17-4-2-3-5-22(17)23-10-11-24-20-12-19(15-28(24)25(23)29)14-27(16-20)13-18-6-8-21(26)9-7-18/h2-11,19-20H,12-16H2,1H3. The van der Waals surface area contributed by atoms with Gasteiger partial charge in [-0.2, -0.15) is 0 Å². The Bertz CT molecular complexity index is 1100. The molecule has 4 heteroatoms. The van der Waals surface area contributed by atoms with E-state index in [-0.39, 0.29) is 11.4 Å². The Morgan fingerprint density at radius 2 is 1.72 bits per heavy atom. The van der Waals surface area contributed by atoms with Gasteiger partial charge in [0.1, 0.15) is 5.82 Å². The van der Waals surface area contributed by atoms with Crippen molar-refractivity contribution < 1.29 is 4.39 Å². The molecule has 3 nitrogen and oxygen atoms in total. The summed E-state index contributed by atoms with van der Waals surface area (Å²) in [6.07, 6.45) is 1.14. The lowest BCUT2D eigenvalue weighted by atomic mass is 9.82. The first-order chi connectivity index (χ1) is 14.1. The van der Waals surface area contributed by atoms with Crippen molar-refractivity contribution in [2.45, 2.75) is 32.4 Å². The average molecular weight is 388 g/mol. The maximum Gasteiger partial charge on any atom is 0.258 e. The Morgan fingerprint density at radius 1 is 0.931 bits per heavy atom. The topological polar surface area (TPSA) is 25.2 Å². The third-order valence-corrected chi connectivity index (χ3v) is 6.43. The molecule has 2 aliphatic heterocycles. The van der Waals surface area contributed by atoms with Gasteiger partial charge in [0.2, 0.25) is 0 Å². The number of piperidine rings is 1. The number of benzene rings is 2. The molecule has 0 aliphatic carbocycles. The quantitative estimate of drug-likeness (QED) is 0.656. The molecule has 0 spiro atoms. The van der Waals surface area contributed by atoms with Gasteiger partial charge >= 0.3 is 0 Å². The van der Waals surface area contributed by atoms with Crippen molar-refractivity contribution in [3.8, 4) is 11.1 Å². The van der Waals surface area contributed by atoms with Crippen molar-refractivity contribution in [1.29, 1.82) is 0 Å². The van der Waals surface area contributed by atoms with Gasteiger partial charge in [-0.05, 0) is 60.2 Å². The highest BCUT2D eigenvalue weighted by Gasteiger charge is 2.35. The van der Waals surface area contributed by atoms with Crippen LogP contribution in [0.2, 0.25) is 0 Å². The van der Waals surface area contributed by atoms with E-state index in [1.165, 1.54) is 12.1 Å². The lowest BCUT2D eigenvalue weighted by molar-refractivity contribution is 0.114. The monoisotopic (exact) mass is 388 g/mol. The molecule has 1 fully saturated rings. The Balaban J connectivity index is 1.43. The second-order valence-electron chi connectivity index (χ2n) is 8.52. The zero-order valence-corrected chi connectivity index (χ0v) is 16.6. The summed E-state index contributed by atoms with van der Waals surface area (Å²) in [5.41, 5.74) is 5.40. The number of aryl methyl sites for hydroxylation is 1. The van der Waals surface area contributed by atoms with Crippen LogP contribution in [0.1, 0.15) is 29.2 Å². The molecule has 1 aromatic heterocycles. The normalized spacial score (nSPS) is 21.0. The minimum Gasteiger partial charge on any atom is -0.311 e. The molecular weight excluding hydrogens is 363 g/mol. The zero-order chi connectivity index (χ0) is 20.0. The highest BCUT2D eigenvalue weighted by molar-refractivity contribution is 5.66. The van der Waals surface area contributed by atoms with Gasteiger partial charge in [-0.3, -0.25) is 9.69 Å². The molecule has 3 heterocycles. The van der Waals surface area contributed by atoms with Crippen LogP contribution in [-0.4, -0.2) is 22.6 Å². The minimum atomic E-state index is -0.193. The second kappa shape index (κ2) is 7.27. The lowest BCUT2D eigenvalue weighted by Crippen LogP contribution is -2.46. The summed E-state index contributed by atoms with van der Waals surface area (Å²) in [5.74, 6) is 0.662. The molecule has 5 rings (SSSR count). The van der Waals surface area contributed by atoms with Crippen molar-refractivity contribution >= 4 is 0 Å². The SMILES string of the molecule is Cc1ccccc1-c1ccc2n(c1=O)CC1CC2CN(Cc2ccc(F)cc2)C1. The maximum absolute atomic E-state index is 13.3. The van der Waals surface area contributed by atoms with Crippen LogP contribution >= 0.6 is 0 Å². The van der Waals surface area contributed by atoms with Gasteiger partial charge in [0.05, 0.1) is 0 Å². The van der Waals surface area contributed by atoms with Crippen molar-refractivity contribution in [3.63, 3.8) is 0 Å². The maximum atomic E-state index is 13.3. The van der Waals surface area contributed by atoms with Crippen LogP contribution < -0.4 is 5.56 Å². The molecular formula is C25H25FN2O. The van der Waals surface area contributed by atoms with E-state index in [1.54, 1.807) is 0 Å². The Kier molecular flexibility index (Phi) is 4.59. The molecule has 1 saturated heterocycles. The van der Waals surface area contributed by atoms with Gasteiger partial charge in [0.25, 0.3) is 5.56 Å². The third-order valence-electron chi connectivity index (χ3n) is 6.43. The predicted octanol–water partition coefficient (Wildman–Crippen LogP) is 4.58. The fourth-order valence-electron chi connectivity index (χ4n) is 5.10. The number of pyridine rings is 1. The van der Waals surface area contributed by atoms with Crippen LogP contribution in [0, 0.1) is 18.7 Å². The molecule has 3 aromatic rings. The van der Waals surface area contributed by atoms with E-state index in [4.69, 9.17) is 0 Å². The number of hydrogen-bond acceptors (Lipinski definition) is 2. The van der Waals surface area contributed by atoms with E-state index in [2.05, 4.69) is 24.0 Å². The number of hydrogen-bond donors (Lipinski definition) is 0. The van der Waals surface area contributed by atoms with Crippen molar-refractivity contribution in [2.24, 2.45) is 5.92 Å². The number of aromatic nitrogens is 1. The van der Waals surface area contributed by atoms with Gasteiger partial charge in [-0.25, -0.2) is 4.39 Å². The number of nitrogens with zero attached hydrogens (tertiary/aromatic N) is 2. The van der Waals surface area contributed by atoms with Gasteiger partial charge in [0, 0.05) is 43.4 Å². The van der Waals surface area contributed by atoms with Gasteiger partial charge < -0.3 is 4.57 Å². The average Bonchev–Trinajstić information content (AvgIpc) is 2.71. The largest absolute Gasteiger partial charge is 0.311 e. The highest BCUT2D eigenvalue weighted by atomic mass is 19.1. The van der Waals surface area contributed by atoms with Crippen LogP contribution in [0.3, 0.4) is 0 Å². The van der Waals surface area contributed by atoms with Crippen LogP contribution in [0.4, 0.5) is 4.39 Å². The molecule has 148 valence electrons. The predicted molar refractivity (Wildman–Crippen MR) is 113 cm³/mol. The van der Waals surface area contributed by atoms with Gasteiger partial charge in [-0.1, -0.05) is 36.4 Å². The van der Waals surface area contributed by atoms with Crippen LogP contribution in [-0.2, 0) is 13.1 Å². The van der Waals surface area contributed by atoms with E-state index in [9.17, 15) is 9.18 Å². The first-order valence-electron chi connectivity index (χ1n) is 10.3. The smallest absolute Gasteiger partial charge is 0.258 e. The molecule has 2 aromatic carbocycles. The minimum absolute atomic E-state index is 0.137. The fraction of sp³-hybridized carbons (Fsp3) is 0.320. The zero-order valence-electron chi connectivity index (χ0n) is 16.6. The number of halogens is 1. The molecule has 0 saturated carbocycles. The number of fused-ring (bicyclic) bond motifs is 4. The van der Waals surface area contributed by atoms with E-state index in [0.717, 1.165) is 60.5 Å². The van der Waals surface area contributed by atoms with Crippen molar-refractivity contribution in [3.05, 3.63) is 93.7 Å². The summed E-state index contributed by atoms with van der Waals surface area (Å²) in [5, 5.41) is 0. The Labute approximate surface area is 170 Å². The lowest BCUT2D eigenvalue weighted by Gasteiger charge is -2.43. The van der Waals surface area contributed by atoms with Gasteiger partial charge in [-0.15, -0.1) is 0 Å². The molecule has 2 atom stereocenters. The Morgan fingerprint density at radius 3 is 2.52 bits per heavy atom. The molecule has 0 N–H and O–H groups in total. The molecule has 2 bridgehead atoms. The Hall–Kier alpha value is -2.72. The first-order valence-corrected chi connectivity index (χ1v) is 10.3. The summed E-state index contributed by atoms with van der Waals surface area (Å²) in [6.45, 7) is 5.59. The summed E-state index contributed by atoms with van der Waals surface area (Å²) < 4.78 is 15.2. The third kappa shape index (κ3) is 3.42. The summed E-state index contributed by atoms with van der Waals surface area (Å²) >= 11 is 0. The molecule has 29 heavy (non-hydrogen) atoms. The summed E-state index contributed by atoms with van der Waals surface area (Å²) in [7, 11) is 0. The van der Waals surface area contributed by atoms with Crippen LogP contribution in [0.25, 0.3) is 11.1 Å². The van der Waals surface area contributed by atoms with E-state index >= 15 is 0 Å². The summed E-state index contributed by atoms with van der Waals surface area (Å²) in [6, 6.07) is 19.1. The van der Waals surface area contributed by atoms with Crippen LogP contribution in [0.15, 0.2) is 65.5 Å². The van der Waals surface area contributed by atoms with Gasteiger partial charge in [0.15, 0.2) is 0 Å². The number of likely N-dealkylation sites (tertiary alicyclic amines) is 1. The second-order valence-corrected chi connectivity index (χ2v) is 8.52. The molecule has 2 aliphatic rings. The first kappa shape index (κ1) is 18.3. The highest BCUT2D eigenvalue weighted by Crippen LogP contribution is 2.36. The summed E-state index contributed by atoms with van der Waals surface area (Å²) in [4.78, 5) is 15.8. The fourth-order valence-corrected chi connectivity index (χ4v) is 5.10. The van der Waals surface area contributed by atoms with E-state index in [1.807, 2.05) is 41.0 Å². The number of rotatable bonds is 3. The molecule has 0 amide bonds.